The summed E-state index contributed by atoms with van der Waals surface area (Å²) >= 11 is 0. The molecular formula is C21H20N2O4. The van der Waals surface area contributed by atoms with Crippen molar-refractivity contribution < 1.29 is 19.1 Å². The number of hydrogen-bond acceptors (Lipinski definition) is 5. The first-order valence-corrected chi connectivity index (χ1v) is 8.87. The number of ether oxygens (including phenoxy) is 1. The number of nitrogens with zero attached hydrogens (tertiary/aromatic N) is 2. The van der Waals surface area contributed by atoms with Crippen LogP contribution in [0.1, 0.15) is 23.9 Å². The monoisotopic (exact) mass is 364 g/mol. The highest BCUT2D eigenvalue weighted by Gasteiger charge is 2.39. The lowest BCUT2D eigenvalue weighted by Crippen LogP contribution is -2.32. The number of aliphatic hydroxyl groups excluding tert-OH is 1. The van der Waals surface area contributed by atoms with Crippen molar-refractivity contribution in [3.8, 4) is 11.3 Å². The molecule has 1 fully saturated rings. The molecule has 0 radical (unpaired) electrons. The number of carbonyl (C=O) groups excluding carboxylic acids is 1. The van der Waals surface area contributed by atoms with Gasteiger partial charge in [-0.15, -0.1) is 0 Å². The lowest BCUT2D eigenvalue weighted by Gasteiger charge is -2.21. The zero-order valence-electron chi connectivity index (χ0n) is 14.7. The van der Waals surface area contributed by atoms with E-state index in [1.807, 2.05) is 60.7 Å². The van der Waals surface area contributed by atoms with Crippen LogP contribution in [0.5, 0.6) is 0 Å². The van der Waals surface area contributed by atoms with E-state index in [2.05, 4.69) is 4.98 Å². The molecule has 0 bridgehead atoms. The fourth-order valence-electron chi connectivity index (χ4n) is 3.23. The molecule has 6 heteroatoms. The van der Waals surface area contributed by atoms with Gasteiger partial charge in [0, 0.05) is 12.0 Å². The average molecular weight is 364 g/mol. The standard InChI is InChI=1S/C21H20N2O4/c24-17-11-18(20-22-12-19(27-20)16-9-5-2-6-10-16)23(13-17)21(25)26-14-15-7-3-1-4-8-15/h1-10,12,17-18,24H,11,13-14H2/t17-,18+/m1/s1. The van der Waals surface area contributed by atoms with Crippen molar-refractivity contribution in [1.29, 1.82) is 0 Å². The van der Waals surface area contributed by atoms with E-state index in [1.54, 1.807) is 6.20 Å². The van der Waals surface area contributed by atoms with Gasteiger partial charge in [0.25, 0.3) is 0 Å². The second-order valence-corrected chi connectivity index (χ2v) is 6.53. The molecule has 27 heavy (non-hydrogen) atoms. The second-order valence-electron chi connectivity index (χ2n) is 6.53. The van der Waals surface area contributed by atoms with Crippen molar-refractivity contribution in [3.05, 3.63) is 78.3 Å². The van der Waals surface area contributed by atoms with Crippen LogP contribution in [-0.4, -0.2) is 33.7 Å². The molecule has 2 heterocycles. The van der Waals surface area contributed by atoms with E-state index in [0.29, 0.717) is 18.1 Å². The second kappa shape index (κ2) is 7.63. The lowest BCUT2D eigenvalue weighted by atomic mass is 10.2. The lowest BCUT2D eigenvalue weighted by molar-refractivity contribution is 0.0842. The third kappa shape index (κ3) is 3.85. The van der Waals surface area contributed by atoms with Crippen molar-refractivity contribution in [2.45, 2.75) is 25.2 Å². The Morgan fingerprint density at radius 2 is 1.85 bits per heavy atom. The Kier molecular flexibility index (Phi) is 4.89. The Morgan fingerprint density at radius 1 is 1.15 bits per heavy atom. The summed E-state index contributed by atoms with van der Waals surface area (Å²) in [4.78, 5) is 18.4. The van der Waals surface area contributed by atoms with Crippen molar-refractivity contribution in [2.75, 3.05) is 6.54 Å². The molecule has 1 aliphatic rings. The van der Waals surface area contributed by atoms with Crippen LogP contribution in [0.4, 0.5) is 4.79 Å². The first-order chi connectivity index (χ1) is 13.2. The molecular weight excluding hydrogens is 344 g/mol. The minimum Gasteiger partial charge on any atom is -0.445 e. The van der Waals surface area contributed by atoms with Crippen molar-refractivity contribution in [2.24, 2.45) is 0 Å². The fourth-order valence-corrected chi connectivity index (χ4v) is 3.23. The molecule has 1 saturated heterocycles. The molecule has 2 aromatic carbocycles. The summed E-state index contributed by atoms with van der Waals surface area (Å²) in [5.41, 5.74) is 1.82. The number of amides is 1. The summed E-state index contributed by atoms with van der Waals surface area (Å²) in [6.07, 6.45) is 0.893. The quantitative estimate of drug-likeness (QED) is 0.762. The van der Waals surface area contributed by atoms with Crippen molar-refractivity contribution in [3.63, 3.8) is 0 Å². The topological polar surface area (TPSA) is 75.8 Å². The molecule has 4 rings (SSSR count). The van der Waals surface area contributed by atoms with Crippen LogP contribution < -0.4 is 0 Å². The number of aliphatic hydroxyl groups is 1. The van der Waals surface area contributed by atoms with Crippen LogP contribution in [0.2, 0.25) is 0 Å². The van der Waals surface area contributed by atoms with E-state index in [-0.39, 0.29) is 13.2 Å². The molecule has 0 unspecified atom stereocenters. The van der Waals surface area contributed by atoms with Gasteiger partial charge in [-0.1, -0.05) is 60.7 Å². The number of rotatable bonds is 4. The highest BCUT2D eigenvalue weighted by atomic mass is 16.6. The van der Waals surface area contributed by atoms with Crippen LogP contribution in [0.3, 0.4) is 0 Å². The molecule has 1 amide bonds. The van der Waals surface area contributed by atoms with Gasteiger partial charge >= 0.3 is 6.09 Å². The molecule has 3 aromatic rings. The highest BCUT2D eigenvalue weighted by molar-refractivity contribution is 5.68. The summed E-state index contributed by atoms with van der Waals surface area (Å²) in [6.45, 7) is 0.376. The van der Waals surface area contributed by atoms with Crippen LogP contribution in [0, 0.1) is 0 Å². The molecule has 0 saturated carbocycles. The van der Waals surface area contributed by atoms with E-state index in [1.165, 1.54) is 4.90 Å². The number of β-amino-alcohol motifs (C(OH)–C–C–N with tert-alkyl or cyclic N) is 1. The zero-order chi connectivity index (χ0) is 18.6. The summed E-state index contributed by atoms with van der Waals surface area (Å²) in [7, 11) is 0. The number of likely N-dealkylation sites (tertiary alicyclic amines) is 1. The Bertz CT molecular complexity index is 895. The Morgan fingerprint density at radius 3 is 2.59 bits per heavy atom. The van der Waals surface area contributed by atoms with Gasteiger partial charge in [0.2, 0.25) is 5.89 Å². The molecule has 1 aromatic heterocycles. The van der Waals surface area contributed by atoms with Gasteiger partial charge in [0.05, 0.1) is 18.8 Å². The van der Waals surface area contributed by atoms with Gasteiger partial charge in [-0.05, 0) is 5.56 Å². The minimum absolute atomic E-state index is 0.180. The summed E-state index contributed by atoms with van der Waals surface area (Å²) < 4.78 is 11.3. The number of aromatic nitrogens is 1. The van der Waals surface area contributed by atoms with E-state index < -0.39 is 18.2 Å². The number of benzene rings is 2. The van der Waals surface area contributed by atoms with Gasteiger partial charge in [-0.2, -0.15) is 0 Å². The molecule has 6 nitrogen and oxygen atoms in total. The van der Waals surface area contributed by atoms with Crippen LogP contribution in [0.25, 0.3) is 11.3 Å². The predicted octanol–water partition coefficient (Wildman–Crippen LogP) is 3.79. The molecule has 1 aliphatic heterocycles. The van der Waals surface area contributed by atoms with Gasteiger partial charge < -0.3 is 14.3 Å². The summed E-state index contributed by atoms with van der Waals surface area (Å²) in [5.74, 6) is 1.03. The highest BCUT2D eigenvalue weighted by Crippen LogP contribution is 2.34. The first-order valence-electron chi connectivity index (χ1n) is 8.87. The summed E-state index contributed by atoms with van der Waals surface area (Å²) in [6, 6.07) is 18.7. The maximum Gasteiger partial charge on any atom is 0.410 e. The molecule has 138 valence electrons. The predicted molar refractivity (Wildman–Crippen MR) is 98.6 cm³/mol. The minimum atomic E-state index is -0.633. The molecule has 2 atom stereocenters. The third-order valence-electron chi connectivity index (χ3n) is 4.59. The Hall–Kier alpha value is -3.12. The number of carbonyl (C=O) groups is 1. The first kappa shape index (κ1) is 17.3. The van der Waals surface area contributed by atoms with E-state index >= 15 is 0 Å². The number of oxazole rings is 1. The van der Waals surface area contributed by atoms with Gasteiger partial charge in [0.15, 0.2) is 5.76 Å². The van der Waals surface area contributed by atoms with Gasteiger partial charge in [-0.25, -0.2) is 9.78 Å². The maximum atomic E-state index is 12.5. The van der Waals surface area contributed by atoms with Crippen LogP contribution in [-0.2, 0) is 11.3 Å². The Balaban J connectivity index is 1.48. The van der Waals surface area contributed by atoms with E-state index in [0.717, 1.165) is 11.1 Å². The van der Waals surface area contributed by atoms with Crippen LogP contribution in [0.15, 0.2) is 71.3 Å². The normalized spacial score (nSPS) is 19.2. The largest absolute Gasteiger partial charge is 0.445 e. The Labute approximate surface area is 157 Å². The van der Waals surface area contributed by atoms with Crippen molar-refractivity contribution >= 4 is 6.09 Å². The van der Waals surface area contributed by atoms with Gasteiger partial charge in [0.1, 0.15) is 12.6 Å². The average Bonchev–Trinajstić information content (AvgIpc) is 3.34. The third-order valence-corrected chi connectivity index (χ3v) is 4.59. The SMILES string of the molecule is O=C(OCc1ccccc1)N1C[C@H](O)C[C@H]1c1ncc(-c2ccccc2)o1. The van der Waals surface area contributed by atoms with Gasteiger partial charge in [-0.3, -0.25) is 4.90 Å². The van der Waals surface area contributed by atoms with Crippen molar-refractivity contribution in [1.82, 2.24) is 9.88 Å². The summed E-state index contributed by atoms with van der Waals surface area (Å²) in [5, 5.41) is 10.1. The molecule has 0 spiro atoms. The van der Waals surface area contributed by atoms with E-state index in [4.69, 9.17) is 9.15 Å². The van der Waals surface area contributed by atoms with E-state index in [9.17, 15) is 9.90 Å². The molecule has 0 aliphatic carbocycles. The fraction of sp³-hybridized carbons (Fsp3) is 0.238. The zero-order valence-corrected chi connectivity index (χ0v) is 14.7. The number of hydrogen-bond donors (Lipinski definition) is 1. The maximum absolute atomic E-state index is 12.5. The van der Waals surface area contributed by atoms with Crippen LogP contribution >= 0.6 is 0 Å². The smallest absolute Gasteiger partial charge is 0.410 e. The molecule has 1 N–H and O–H groups in total.